The van der Waals surface area contributed by atoms with Gasteiger partial charge in [-0.05, 0) is 33.0 Å². The summed E-state index contributed by atoms with van der Waals surface area (Å²) in [7, 11) is 1.89. The molecule has 0 aromatic heterocycles. The lowest BCUT2D eigenvalue weighted by Gasteiger charge is -2.20. The molecule has 0 fully saturated rings. The van der Waals surface area contributed by atoms with Crippen LogP contribution < -0.4 is 15.4 Å². The second kappa shape index (κ2) is 8.07. The lowest BCUT2D eigenvalue weighted by molar-refractivity contribution is -0.127. The first-order valence-corrected chi connectivity index (χ1v) is 7.30. The Morgan fingerprint density at radius 3 is 2.80 bits per heavy atom. The number of hydrogen-bond acceptors (Lipinski definition) is 3. The lowest BCUT2D eigenvalue weighted by atomic mass is 10.1. The van der Waals surface area contributed by atoms with Gasteiger partial charge in [-0.25, -0.2) is 0 Å². The largest absolute Gasteiger partial charge is 0.481 e. The molecule has 0 bridgehead atoms. The van der Waals surface area contributed by atoms with Gasteiger partial charge >= 0.3 is 0 Å². The zero-order valence-electron chi connectivity index (χ0n) is 12.1. The van der Waals surface area contributed by atoms with Gasteiger partial charge in [0.15, 0.2) is 6.10 Å². The van der Waals surface area contributed by atoms with Crippen molar-refractivity contribution in [3.63, 3.8) is 0 Å². The van der Waals surface area contributed by atoms with Crippen LogP contribution in [0.1, 0.15) is 25.5 Å². The van der Waals surface area contributed by atoms with Crippen molar-refractivity contribution in [2.75, 3.05) is 13.6 Å². The molecule has 1 aromatic carbocycles. The van der Waals surface area contributed by atoms with Gasteiger partial charge in [0.05, 0.1) is 0 Å². The fourth-order valence-corrected chi connectivity index (χ4v) is 2.02. The molecule has 1 amide bonds. The summed E-state index contributed by atoms with van der Waals surface area (Å²) in [4.78, 5) is 11.8. The number of rotatable bonds is 7. The number of ether oxygens (including phenoxy) is 1. The second-order valence-electron chi connectivity index (χ2n) is 4.49. The molecule has 110 valence electrons. The van der Waals surface area contributed by atoms with Crippen molar-refractivity contribution < 1.29 is 9.53 Å². The number of amides is 1. The number of nitrogens with one attached hydrogen (secondary N) is 2. The fourth-order valence-electron chi connectivity index (χ4n) is 1.68. The first-order chi connectivity index (χ1) is 9.49. The van der Waals surface area contributed by atoms with Crippen molar-refractivity contribution in [3.05, 3.63) is 40.9 Å². The third-order valence-electron chi connectivity index (χ3n) is 2.97. The molecule has 0 aliphatic heterocycles. The van der Waals surface area contributed by atoms with E-state index in [2.05, 4.69) is 33.1 Å². The molecule has 0 saturated heterocycles. The number of carbonyl (C=O) groups is 1. The minimum absolute atomic E-state index is 0.140. The quantitative estimate of drug-likeness (QED) is 0.750. The standard InChI is InChI=1S/C15H21BrN2O2/c1-5-8-18-15(19)11(3)20-14-9-12(16)6-7-13(14)10(2)17-4/h5-7,9-11,17H,1,8H2,2-4H3,(H,18,19). The maximum absolute atomic E-state index is 11.8. The van der Waals surface area contributed by atoms with E-state index >= 15 is 0 Å². The van der Waals surface area contributed by atoms with Crippen molar-refractivity contribution in [2.24, 2.45) is 0 Å². The van der Waals surface area contributed by atoms with Crippen LogP contribution in [0.5, 0.6) is 5.75 Å². The molecule has 2 N–H and O–H groups in total. The second-order valence-corrected chi connectivity index (χ2v) is 5.40. The molecular weight excluding hydrogens is 320 g/mol. The molecule has 0 heterocycles. The van der Waals surface area contributed by atoms with E-state index in [9.17, 15) is 4.79 Å². The van der Waals surface area contributed by atoms with E-state index < -0.39 is 6.10 Å². The number of benzene rings is 1. The van der Waals surface area contributed by atoms with Crippen LogP contribution in [0.25, 0.3) is 0 Å². The van der Waals surface area contributed by atoms with E-state index in [1.807, 2.05) is 32.2 Å². The first kappa shape index (κ1) is 16.7. The highest BCUT2D eigenvalue weighted by atomic mass is 79.9. The Bertz CT molecular complexity index is 477. The van der Waals surface area contributed by atoms with Crippen molar-refractivity contribution in [1.29, 1.82) is 0 Å². The maximum Gasteiger partial charge on any atom is 0.261 e. The summed E-state index contributed by atoms with van der Waals surface area (Å²) in [5.74, 6) is 0.537. The van der Waals surface area contributed by atoms with Crippen LogP contribution in [-0.4, -0.2) is 25.6 Å². The topological polar surface area (TPSA) is 50.4 Å². The molecule has 5 heteroatoms. The molecule has 0 radical (unpaired) electrons. The Morgan fingerprint density at radius 1 is 1.50 bits per heavy atom. The van der Waals surface area contributed by atoms with Gasteiger partial charge in [0.1, 0.15) is 5.75 Å². The Balaban J connectivity index is 2.87. The number of carbonyl (C=O) groups excluding carboxylic acids is 1. The highest BCUT2D eigenvalue weighted by molar-refractivity contribution is 9.10. The Hall–Kier alpha value is -1.33. The van der Waals surface area contributed by atoms with Crippen LogP contribution in [0.15, 0.2) is 35.3 Å². The minimum atomic E-state index is -0.563. The van der Waals surface area contributed by atoms with Gasteiger partial charge in [0, 0.05) is 22.6 Å². The summed E-state index contributed by atoms with van der Waals surface area (Å²) in [6, 6.07) is 5.95. The Labute approximate surface area is 128 Å². The van der Waals surface area contributed by atoms with E-state index in [1.54, 1.807) is 13.0 Å². The summed E-state index contributed by atoms with van der Waals surface area (Å²) in [5, 5.41) is 5.89. The molecule has 0 aliphatic rings. The minimum Gasteiger partial charge on any atom is -0.481 e. The molecule has 1 rings (SSSR count). The predicted molar refractivity (Wildman–Crippen MR) is 84.9 cm³/mol. The van der Waals surface area contributed by atoms with Crippen LogP contribution in [0.3, 0.4) is 0 Å². The van der Waals surface area contributed by atoms with E-state index in [0.29, 0.717) is 12.3 Å². The smallest absolute Gasteiger partial charge is 0.261 e. The van der Waals surface area contributed by atoms with E-state index in [0.717, 1.165) is 10.0 Å². The zero-order chi connectivity index (χ0) is 15.1. The normalized spacial score (nSPS) is 13.4. The van der Waals surface area contributed by atoms with Gasteiger partial charge in [-0.1, -0.05) is 28.1 Å². The van der Waals surface area contributed by atoms with E-state index in [1.165, 1.54) is 0 Å². The van der Waals surface area contributed by atoms with Crippen LogP contribution in [0, 0.1) is 0 Å². The van der Waals surface area contributed by atoms with Gasteiger partial charge in [0.2, 0.25) is 0 Å². The van der Waals surface area contributed by atoms with Crippen molar-refractivity contribution in [3.8, 4) is 5.75 Å². The monoisotopic (exact) mass is 340 g/mol. The fraction of sp³-hybridized carbons (Fsp3) is 0.400. The third kappa shape index (κ3) is 4.65. The number of hydrogen-bond donors (Lipinski definition) is 2. The van der Waals surface area contributed by atoms with E-state index in [4.69, 9.17) is 4.74 Å². The maximum atomic E-state index is 11.8. The van der Waals surface area contributed by atoms with Gasteiger partial charge in [0.25, 0.3) is 5.91 Å². The highest BCUT2D eigenvalue weighted by Gasteiger charge is 2.17. The average molecular weight is 341 g/mol. The molecule has 0 aliphatic carbocycles. The SMILES string of the molecule is C=CCNC(=O)C(C)Oc1cc(Br)ccc1C(C)NC. The summed E-state index contributed by atoms with van der Waals surface area (Å²) < 4.78 is 6.71. The van der Waals surface area contributed by atoms with Gasteiger partial charge in [-0.2, -0.15) is 0 Å². The lowest BCUT2D eigenvalue weighted by Crippen LogP contribution is -2.36. The van der Waals surface area contributed by atoms with Crippen molar-refractivity contribution in [2.45, 2.75) is 26.0 Å². The molecule has 20 heavy (non-hydrogen) atoms. The van der Waals surface area contributed by atoms with Crippen LogP contribution in [0.2, 0.25) is 0 Å². The predicted octanol–water partition coefficient (Wildman–Crippen LogP) is 2.80. The molecule has 0 saturated carbocycles. The Morgan fingerprint density at radius 2 is 2.20 bits per heavy atom. The molecular formula is C15H21BrN2O2. The molecule has 1 aromatic rings. The Kier molecular flexibility index (Phi) is 6.75. The molecule has 4 nitrogen and oxygen atoms in total. The molecule has 2 atom stereocenters. The van der Waals surface area contributed by atoms with Crippen molar-refractivity contribution in [1.82, 2.24) is 10.6 Å². The summed E-state index contributed by atoms with van der Waals surface area (Å²) in [6.45, 7) is 7.77. The van der Waals surface area contributed by atoms with Gasteiger partial charge < -0.3 is 15.4 Å². The van der Waals surface area contributed by atoms with Gasteiger partial charge in [-0.15, -0.1) is 6.58 Å². The first-order valence-electron chi connectivity index (χ1n) is 6.51. The molecule has 0 spiro atoms. The van der Waals surface area contributed by atoms with Crippen LogP contribution >= 0.6 is 15.9 Å². The summed E-state index contributed by atoms with van der Waals surface area (Å²) >= 11 is 3.42. The van der Waals surface area contributed by atoms with E-state index in [-0.39, 0.29) is 11.9 Å². The number of halogens is 1. The van der Waals surface area contributed by atoms with Crippen LogP contribution in [-0.2, 0) is 4.79 Å². The third-order valence-corrected chi connectivity index (χ3v) is 3.46. The molecule has 2 unspecified atom stereocenters. The zero-order valence-corrected chi connectivity index (χ0v) is 13.7. The van der Waals surface area contributed by atoms with Crippen molar-refractivity contribution >= 4 is 21.8 Å². The summed E-state index contributed by atoms with van der Waals surface area (Å²) in [5.41, 5.74) is 1.01. The van der Waals surface area contributed by atoms with Gasteiger partial charge in [-0.3, -0.25) is 4.79 Å². The summed E-state index contributed by atoms with van der Waals surface area (Å²) in [6.07, 6.45) is 1.07. The average Bonchev–Trinajstić information content (AvgIpc) is 2.44. The highest BCUT2D eigenvalue weighted by Crippen LogP contribution is 2.29. The van der Waals surface area contributed by atoms with Crippen LogP contribution in [0.4, 0.5) is 0 Å².